The third-order valence-corrected chi connectivity index (χ3v) is 5.73. The van der Waals surface area contributed by atoms with E-state index in [-0.39, 0.29) is 18.2 Å². The predicted molar refractivity (Wildman–Crippen MR) is 76.9 cm³/mol. The van der Waals surface area contributed by atoms with Gasteiger partial charge in [0.15, 0.2) is 23.6 Å². The summed E-state index contributed by atoms with van der Waals surface area (Å²) < 4.78 is 28.6. The summed E-state index contributed by atoms with van der Waals surface area (Å²) in [5.74, 6) is -0.246. The van der Waals surface area contributed by atoms with Crippen LogP contribution >= 0.6 is 0 Å². The summed E-state index contributed by atoms with van der Waals surface area (Å²) in [5, 5.41) is 0. The maximum atomic E-state index is 12.3. The van der Waals surface area contributed by atoms with Gasteiger partial charge in [-0.15, -0.1) is 0 Å². The molecule has 0 spiro atoms. The Morgan fingerprint density at radius 2 is 2.17 bits per heavy atom. The lowest BCUT2D eigenvalue weighted by atomic mass is 9.86. The van der Waals surface area contributed by atoms with Gasteiger partial charge in [-0.2, -0.15) is 0 Å². The van der Waals surface area contributed by atoms with E-state index in [1.165, 1.54) is 6.92 Å². The Bertz CT molecular complexity index is 767. The Labute approximate surface area is 138 Å². The van der Waals surface area contributed by atoms with E-state index in [9.17, 15) is 9.59 Å². The van der Waals surface area contributed by atoms with Crippen molar-refractivity contribution in [3.63, 3.8) is 0 Å². The topological polar surface area (TPSA) is 90.8 Å². The van der Waals surface area contributed by atoms with Crippen LogP contribution in [-0.2, 0) is 28.5 Å². The van der Waals surface area contributed by atoms with E-state index in [4.69, 9.17) is 23.4 Å². The second-order valence-electron chi connectivity index (χ2n) is 7.27. The molecule has 2 bridgehead atoms. The Balaban J connectivity index is 1.66. The molecule has 24 heavy (non-hydrogen) atoms. The number of carbonyl (C=O) groups is 2. The third kappa shape index (κ3) is 1.64. The minimum atomic E-state index is -0.840. The molecule has 1 aliphatic carbocycles. The zero-order valence-corrected chi connectivity index (χ0v) is 13.7. The molecule has 7 nitrogen and oxygen atoms in total. The van der Waals surface area contributed by atoms with E-state index in [0.717, 1.165) is 11.1 Å². The molecule has 0 N–H and O–H groups in total. The second-order valence-corrected chi connectivity index (χ2v) is 7.27. The number of rotatable bonds is 1. The molecule has 0 amide bonds. The maximum Gasteiger partial charge on any atom is 0.342 e. The normalized spacial score (nSPS) is 44.7. The van der Waals surface area contributed by atoms with Crippen LogP contribution < -0.4 is 0 Å². The molecule has 3 saturated heterocycles. The molecule has 1 aromatic rings. The van der Waals surface area contributed by atoms with Gasteiger partial charge in [-0.1, -0.05) is 0 Å². The number of hydrogen-bond acceptors (Lipinski definition) is 7. The van der Waals surface area contributed by atoms with Gasteiger partial charge in [-0.25, -0.2) is 4.79 Å². The molecule has 0 aromatic carbocycles. The molecule has 3 aliphatic heterocycles. The highest BCUT2D eigenvalue weighted by Gasteiger charge is 2.75. The molecule has 0 saturated carbocycles. The summed E-state index contributed by atoms with van der Waals surface area (Å²) in [7, 11) is 0. The molecule has 0 unspecified atom stereocenters. The van der Waals surface area contributed by atoms with Crippen molar-refractivity contribution in [1.82, 2.24) is 0 Å². The Morgan fingerprint density at radius 1 is 1.38 bits per heavy atom. The quantitative estimate of drug-likeness (QED) is 0.572. The summed E-state index contributed by atoms with van der Waals surface area (Å²) in [4.78, 5) is 24.0. The molecule has 4 aliphatic rings. The van der Waals surface area contributed by atoms with Gasteiger partial charge in [0.1, 0.15) is 11.7 Å². The summed E-state index contributed by atoms with van der Waals surface area (Å²) in [5.41, 5.74) is 0.0715. The summed E-state index contributed by atoms with van der Waals surface area (Å²) in [6.07, 6.45) is 1.16. The van der Waals surface area contributed by atoms with Gasteiger partial charge < -0.3 is 23.4 Å². The Kier molecular flexibility index (Phi) is 2.54. The third-order valence-electron chi connectivity index (χ3n) is 5.73. The average Bonchev–Trinajstić information content (AvgIpc) is 3.33. The fourth-order valence-corrected chi connectivity index (χ4v) is 4.29. The van der Waals surface area contributed by atoms with Crippen LogP contribution in [-0.4, -0.2) is 35.3 Å². The van der Waals surface area contributed by atoms with E-state index in [1.54, 1.807) is 6.26 Å². The fourth-order valence-electron chi connectivity index (χ4n) is 4.29. The van der Waals surface area contributed by atoms with Crippen molar-refractivity contribution >= 4 is 11.9 Å². The number of hydrogen-bond donors (Lipinski definition) is 0. The number of fused-ring (bicyclic) bond motifs is 3. The van der Waals surface area contributed by atoms with E-state index < -0.39 is 29.4 Å². The van der Waals surface area contributed by atoms with Crippen LogP contribution in [0.25, 0.3) is 0 Å². The molecule has 5 rings (SSSR count). The first-order valence-corrected chi connectivity index (χ1v) is 8.18. The van der Waals surface area contributed by atoms with Crippen molar-refractivity contribution < 1.29 is 33.0 Å². The lowest BCUT2D eigenvalue weighted by Crippen LogP contribution is -2.29. The molecular formula is C17H18O7. The minimum Gasteiger partial charge on any atom is -0.465 e. The van der Waals surface area contributed by atoms with E-state index in [2.05, 4.69) is 0 Å². The summed E-state index contributed by atoms with van der Waals surface area (Å²) >= 11 is 0. The van der Waals surface area contributed by atoms with Crippen molar-refractivity contribution in [2.45, 2.75) is 69.2 Å². The monoisotopic (exact) mass is 334 g/mol. The number of epoxide rings is 2. The molecule has 6 atom stereocenters. The van der Waals surface area contributed by atoms with Gasteiger partial charge in [-0.05, 0) is 32.3 Å². The smallest absolute Gasteiger partial charge is 0.342 e. The van der Waals surface area contributed by atoms with E-state index >= 15 is 0 Å². The lowest BCUT2D eigenvalue weighted by molar-refractivity contribution is -0.155. The molecule has 128 valence electrons. The van der Waals surface area contributed by atoms with E-state index in [0.29, 0.717) is 18.6 Å². The van der Waals surface area contributed by atoms with Gasteiger partial charge in [-0.3, -0.25) is 4.79 Å². The highest BCUT2D eigenvalue weighted by atomic mass is 16.7. The number of ether oxygens (including phenoxy) is 4. The maximum absolute atomic E-state index is 12.3. The zero-order valence-electron chi connectivity index (χ0n) is 13.7. The van der Waals surface area contributed by atoms with Crippen LogP contribution in [0, 0.1) is 6.92 Å². The zero-order chi connectivity index (χ0) is 16.9. The second kappa shape index (κ2) is 4.21. The summed E-state index contributed by atoms with van der Waals surface area (Å²) in [6.45, 7) is 5.14. The fraction of sp³-hybridized carbons (Fsp3) is 0.647. The highest BCUT2D eigenvalue weighted by Crippen LogP contribution is 2.61. The van der Waals surface area contributed by atoms with E-state index in [1.807, 2.05) is 13.8 Å². The lowest BCUT2D eigenvalue weighted by Gasteiger charge is -2.22. The number of carbonyl (C=O) groups excluding carboxylic acids is 2. The molecule has 1 aromatic heterocycles. The average molecular weight is 334 g/mol. The van der Waals surface area contributed by atoms with Crippen LogP contribution in [0.2, 0.25) is 0 Å². The number of esters is 2. The van der Waals surface area contributed by atoms with Crippen molar-refractivity contribution in [2.24, 2.45) is 0 Å². The van der Waals surface area contributed by atoms with Gasteiger partial charge in [0.05, 0.1) is 12.4 Å². The molecule has 4 heterocycles. The van der Waals surface area contributed by atoms with Crippen LogP contribution in [0.4, 0.5) is 0 Å². The van der Waals surface area contributed by atoms with Gasteiger partial charge in [0.25, 0.3) is 0 Å². The predicted octanol–water partition coefficient (Wildman–Crippen LogP) is 1.88. The highest BCUT2D eigenvalue weighted by molar-refractivity contribution is 5.87. The SMILES string of the molecule is CC(=O)O[C@H]1c2occ(C)c2[C@H]2OC(=O)[C@]3(CC[C@@H]4O[C@]41C)O[C@@H]23. The van der Waals surface area contributed by atoms with Crippen molar-refractivity contribution in [3.05, 3.63) is 23.2 Å². The standard InChI is InChI=1S/C17H18O7/c1-7-6-20-11-10(7)12-14-17(24-14,15(19)22-12)5-4-9-16(3,23-9)13(11)21-8(2)18/h6,9,12-14H,4-5H2,1-3H3/t9-,12+,13-,14-,16+,17+/m0/s1. The Hall–Kier alpha value is -1.86. The largest absolute Gasteiger partial charge is 0.465 e. The van der Waals surface area contributed by atoms with Gasteiger partial charge >= 0.3 is 11.9 Å². The molecule has 0 radical (unpaired) electrons. The first-order chi connectivity index (χ1) is 11.4. The van der Waals surface area contributed by atoms with Gasteiger partial charge in [0.2, 0.25) is 0 Å². The molecule has 7 heteroatoms. The van der Waals surface area contributed by atoms with Crippen molar-refractivity contribution in [2.75, 3.05) is 0 Å². The molecule has 3 fully saturated rings. The van der Waals surface area contributed by atoms with Crippen LogP contribution in [0.1, 0.15) is 55.8 Å². The first kappa shape index (κ1) is 14.5. The van der Waals surface area contributed by atoms with Crippen LogP contribution in [0.5, 0.6) is 0 Å². The van der Waals surface area contributed by atoms with Crippen LogP contribution in [0.3, 0.4) is 0 Å². The van der Waals surface area contributed by atoms with Crippen molar-refractivity contribution in [1.29, 1.82) is 0 Å². The molecular weight excluding hydrogens is 316 g/mol. The summed E-state index contributed by atoms with van der Waals surface area (Å²) in [6, 6.07) is 0. The number of aryl methyl sites for hydroxylation is 1. The number of furan rings is 1. The van der Waals surface area contributed by atoms with Crippen molar-refractivity contribution in [3.8, 4) is 0 Å². The van der Waals surface area contributed by atoms with Crippen LogP contribution in [0.15, 0.2) is 10.7 Å². The Morgan fingerprint density at radius 3 is 2.88 bits per heavy atom. The van der Waals surface area contributed by atoms with Gasteiger partial charge in [0, 0.05) is 12.5 Å². The first-order valence-electron chi connectivity index (χ1n) is 8.18. The minimum absolute atomic E-state index is 0.121.